The summed E-state index contributed by atoms with van der Waals surface area (Å²) in [7, 11) is 1.99. The molecule has 2 atom stereocenters. The average Bonchev–Trinajstić information content (AvgIpc) is 2.54. The summed E-state index contributed by atoms with van der Waals surface area (Å²) in [5.41, 5.74) is 2.60. The van der Waals surface area contributed by atoms with Gasteiger partial charge < -0.3 is 10.2 Å². The largest absolute Gasteiger partial charge is 0.341 e. The van der Waals surface area contributed by atoms with Crippen molar-refractivity contribution >= 4 is 17.7 Å². The summed E-state index contributed by atoms with van der Waals surface area (Å²) < 4.78 is 0. The molecule has 3 nitrogen and oxygen atoms in total. The van der Waals surface area contributed by atoms with E-state index in [-0.39, 0.29) is 5.25 Å². The molecule has 21 heavy (non-hydrogen) atoms. The van der Waals surface area contributed by atoms with Gasteiger partial charge in [0.05, 0.1) is 0 Å². The lowest BCUT2D eigenvalue weighted by atomic mass is 9.96. The van der Waals surface area contributed by atoms with E-state index in [9.17, 15) is 4.79 Å². The van der Waals surface area contributed by atoms with Gasteiger partial charge >= 0.3 is 0 Å². The number of benzene rings is 1. The van der Waals surface area contributed by atoms with E-state index < -0.39 is 0 Å². The van der Waals surface area contributed by atoms with Crippen LogP contribution in [0, 0.1) is 5.92 Å². The molecule has 2 heterocycles. The molecule has 0 saturated carbocycles. The molecule has 0 aliphatic carbocycles. The second-order valence-corrected chi connectivity index (χ2v) is 7.26. The highest BCUT2D eigenvalue weighted by molar-refractivity contribution is 8.00. The quantitative estimate of drug-likeness (QED) is 0.931. The van der Waals surface area contributed by atoms with Gasteiger partial charge in [0.2, 0.25) is 5.91 Å². The molecule has 1 amide bonds. The van der Waals surface area contributed by atoms with Crippen molar-refractivity contribution in [2.24, 2.45) is 5.92 Å². The maximum atomic E-state index is 13.0. The van der Waals surface area contributed by atoms with Gasteiger partial charge in [-0.25, -0.2) is 0 Å². The highest BCUT2D eigenvalue weighted by Gasteiger charge is 2.32. The number of carbonyl (C=O) groups is 1. The first kappa shape index (κ1) is 14.9. The lowest BCUT2D eigenvalue weighted by molar-refractivity contribution is -0.132. The molecule has 114 valence electrons. The van der Waals surface area contributed by atoms with Gasteiger partial charge in [0.25, 0.3) is 0 Å². The number of nitrogens with zero attached hydrogens (tertiary/aromatic N) is 1. The summed E-state index contributed by atoms with van der Waals surface area (Å²) in [5.74, 6) is 1.99. The number of thioether (sulfide) groups is 1. The molecular weight excluding hydrogens is 280 g/mol. The fourth-order valence-electron chi connectivity index (χ4n) is 3.48. The zero-order chi connectivity index (χ0) is 14.7. The van der Waals surface area contributed by atoms with Crippen LogP contribution in [0.2, 0.25) is 0 Å². The van der Waals surface area contributed by atoms with E-state index in [2.05, 4.69) is 34.5 Å². The number of piperidine rings is 1. The fraction of sp³-hybridized carbons (Fsp3) is 0.588. The predicted molar refractivity (Wildman–Crippen MR) is 88.6 cm³/mol. The third kappa shape index (κ3) is 3.27. The maximum absolute atomic E-state index is 13.0. The molecule has 1 aromatic rings. The van der Waals surface area contributed by atoms with Crippen LogP contribution in [0.15, 0.2) is 24.3 Å². The molecule has 4 heteroatoms. The molecule has 0 spiro atoms. The highest BCUT2D eigenvalue weighted by Crippen LogP contribution is 2.38. The minimum Gasteiger partial charge on any atom is -0.341 e. The molecule has 2 aliphatic rings. The summed E-state index contributed by atoms with van der Waals surface area (Å²) in [4.78, 5) is 15.1. The Balaban J connectivity index is 1.74. The Morgan fingerprint density at radius 1 is 1.43 bits per heavy atom. The van der Waals surface area contributed by atoms with Gasteiger partial charge in [-0.05, 0) is 55.7 Å². The molecule has 1 N–H and O–H groups in total. The molecule has 0 radical (unpaired) electrons. The summed E-state index contributed by atoms with van der Waals surface area (Å²) >= 11 is 1.82. The standard InChI is InChI=1S/C17H24N2OS/c1-18-11-13-5-4-9-19(12-13)17(20)16-15-7-3-2-6-14(15)8-10-21-16/h2-3,6-7,13,16,18H,4-5,8-12H2,1H3/t13-,16+/m1/s1. The minimum atomic E-state index is 0.0169. The molecule has 0 unspecified atom stereocenters. The van der Waals surface area contributed by atoms with Gasteiger partial charge in [-0.2, -0.15) is 0 Å². The van der Waals surface area contributed by atoms with E-state index in [1.54, 1.807) is 0 Å². The van der Waals surface area contributed by atoms with Crippen LogP contribution in [-0.2, 0) is 11.2 Å². The van der Waals surface area contributed by atoms with Crippen LogP contribution in [0.5, 0.6) is 0 Å². The minimum absolute atomic E-state index is 0.0169. The zero-order valence-electron chi connectivity index (χ0n) is 12.7. The number of fused-ring (bicyclic) bond motifs is 1. The average molecular weight is 304 g/mol. The number of likely N-dealkylation sites (tertiary alicyclic amines) is 1. The van der Waals surface area contributed by atoms with Crippen molar-refractivity contribution in [2.75, 3.05) is 32.4 Å². The third-order valence-corrected chi connectivity index (χ3v) is 5.77. The second kappa shape index (κ2) is 6.84. The smallest absolute Gasteiger partial charge is 0.240 e. The van der Waals surface area contributed by atoms with Crippen LogP contribution in [0.3, 0.4) is 0 Å². The van der Waals surface area contributed by atoms with Crippen LogP contribution < -0.4 is 5.32 Å². The zero-order valence-corrected chi connectivity index (χ0v) is 13.5. The normalized spacial score (nSPS) is 25.5. The first-order valence-corrected chi connectivity index (χ1v) is 8.97. The molecule has 1 fully saturated rings. The van der Waals surface area contributed by atoms with Crippen molar-refractivity contribution in [3.05, 3.63) is 35.4 Å². The molecular formula is C17H24N2OS. The van der Waals surface area contributed by atoms with Crippen LogP contribution in [0.25, 0.3) is 0 Å². The van der Waals surface area contributed by atoms with Crippen molar-refractivity contribution in [3.63, 3.8) is 0 Å². The number of aryl methyl sites for hydroxylation is 1. The van der Waals surface area contributed by atoms with E-state index in [1.807, 2.05) is 18.8 Å². The van der Waals surface area contributed by atoms with Gasteiger partial charge in [-0.15, -0.1) is 11.8 Å². The summed E-state index contributed by atoms with van der Waals surface area (Å²) in [6.45, 7) is 2.86. The molecule has 0 aromatic heterocycles. The van der Waals surface area contributed by atoms with Crippen LogP contribution in [0.1, 0.15) is 29.2 Å². The Morgan fingerprint density at radius 2 is 2.29 bits per heavy atom. The Morgan fingerprint density at radius 3 is 3.14 bits per heavy atom. The Labute approximate surface area is 131 Å². The second-order valence-electron chi connectivity index (χ2n) is 6.05. The van der Waals surface area contributed by atoms with Gasteiger partial charge in [-0.3, -0.25) is 4.79 Å². The third-order valence-electron chi connectivity index (χ3n) is 4.54. The Bertz CT molecular complexity index is 503. The molecule has 1 saturated heterocycles. The van der Waals surface area contributed by atoms with Gasteiger partial charge in [0.15, 0.2) is 0 Å². The SMILES string of the molecule is CNC[C@H]1CCCN(C(=O)[C@H]2SCCc3ccccc32)C1. The number of hydrogen-bond donors (Lipinski definition) is 1. The molecule has 0 bridgehead atoms. The number of rotatable bonds is 3. The molecule has 2 aliphatic heterocycles. The highest BCUT2D eigenvalue weighted by atomic mass is 32.2. The van der Waals surface area contributed by atoms with Crippen LogP contribution in [0.4, 0.5) is 0 Å². The Kier molecular flexibility index (Phi) is 4.86. The van der Waals surface area contributed by atoms with Crippen molar-refractivity contribution in [1.29, 1.82) is 0 Å². The number of carbonyl (C=O) groups excluding carboxylic acids is 1. The first-order valence-electron chi connectivity index (χ1n) is 7.92. The lowest BCUT2D eigenvalue weighted by Gasteiger charge is -2.36. The number of amides is 1. The van der Waals surface area contributed by atoms with Crippen LogP contribution in [-0.4, -0.2) is 43.2 Å². The predicted octanol–water partition coefficient (Wildman–Crippen LogP) is 2.48. The van der Waals surface area contributed by atoms with Crippen molar-refractivity contribution < 1.29 is 4.79 Å². The van der Waals surface area contributed by atoms with E-state index in [0.717, 1.165) is 38.2 Å². The van der Waals surface area contributed by atoms with E-state index in [4.69, 9.17) is 0 Å². The van der Waals surface area contributed by atoms with Crippen LogP contribution >= 0.6 is 11.8 Å². The van der Waals surface area contributed by atoms with Gasteiger partial charge in [0, 0.05) is 13.1 Å². The van der Waals surface area contributed by atoms with Crippen molar-refractivity contribution in [3.8, 4) is 0 Å². The Hall–Kier alpha value is -1.00. The lowest BCUT2D eigenvalue weighted by Crippen LogP contribution is -2.44. The van der Waals surface area contributed by atoms with Crippen molar-refractivity contribution in [1.82, 2.24) is 10.2 Å². The first-order chi connectivity index (χ1) is 10.3. The summed E-state index contributed by atoms with van der Waals surface area (Å²) in [6, 6.07) is 8.46. The van der Waals surface area contributed by atoms with E-state index in [0.29, 0.717) is 11.8 Å². The van der Waals surface area contributed by atoms with Gasteiger partial charge in [0.1, 0.15) is 5.25 Å². The number of nitrogens with one attached hydrogen (secondary N) is 1. The van der Waals surface area contributed by atoms with Gasteiger partial charge in [-0.1, -0.05) is 24.3 Å². The maximum Gasteiger partial charge on any atom is 0.240 e. The summed E-state index contributed by atoms with van der Waals surface area (Å²) in [5, 5.41) is 3.27. The van der Waals surface area contributed by atoms with E-state index in [1.165, 1.54) is 17.5 Å². The van der Waals surface area contributed by atoms with Crippen molar-refractivity contribution in [2.45, 2.75) is 24.5 Å². The molecule has 3 rings (SSSR count). The number of hydrogen-bond acceptors (Lipinski definition) is 3. The summed E-state index contributed by atoms with van der Waals surface area (Å²) in [6.07, 6.45) is 3.46. The molecule has 1 aromatic carbocycles. The fourth-order valence-corrected chi connectivity index (χ4v) is 4.76. The topological polar surface area (TPSA) is 32.3 Å². The van der Waals surface area contributed by atoms with E-state index >= 15 is 0 Å². The monoisotopic (exact) mass is 304 g/mol.